The second-order valence-corrected chi connectivity index (χ2v) is 7.33. The summed E-state index contributed by atoms with van der Waals surface area (Å²) in [5.41, 5.74) is 2.18. The van der Waals surface area contributed by atoms with Gasteiger partial charge < -0.3 is 5.21 Å². The van der Waals surface area contributed by atoms with Crippen LogP contribution in [0.25, 0.3) is 10.9 Å². The van der Waals surface area contributed by atoms with E-state index in [9.17, 15) is 22.8 Å². The van der Waals surface area contributed by atoms with Gasteiger partial charge in [-0.1, -0.05) is 32.0 Å². The van der Waals surface area contributed by atoms with Crippen molar-refractivity contribution >= 4 is 17.2 Å². The number of carbonyl (C=O) groups excluding carboxylic acids is 1. The van der Waals surface area contributed by atoms with Crippen LogP contribution in [0.5, 0.6) is 0 Å². The molecule has 3 aromatic rings. The average molecular weight is 435 g/mol. The van der Waals surface area contributed by atoms with Crippen LogP contribution in [-0.2, 0) is 19.1 Å². The van der Waals surface area contributed by atoms with Crippen molar-refractivity contribution in [1.29, 1.82) is 0 Å². The lowest BCUT2D eigenvalue weighted by Crippen LogP contribution is -2.27. The second-order valence-electron chi connectivity index (χ2n) is 7.33. The Hall–Kier alpha value is -3.04. The van der Waals surface area contributed by atoms with E-state index < -0.39 is 11.7 Å². The molecule has 0 aliphatic heterocycles. The van der Waals surface area contributed by atoms with E-state index in [1.165, 1.54) is 23.7 Å². The summed E-state index contributed by atoms with van der Waals surface area (Å²) < 4.78 is 39.8. The van der Waals surface area contributed by atoms with Crippen molar-refractivity contribution in [3.05, 3.63) is 75.3 Å². The Labute approximate surface area is 177 Å². The first-order valence-corrected chi connectivity index (χ1v) is 9.56. The highest BCUT2D eigenvalue weighted by molar-refractivity contribution is 5.86. The number of aldehydes is 1. The fourth-order valence-electron chi connectivity index (χ4n) is 3.02. The number of nitrogens with zero attached hydrogens (tertiary/aromatic N) is 2. The van der Waals surface area contributed by atoms with Crippen molar-refractivity contribution in [2.45, 2.75) is 33.0 Å². The zero-order chi connectivity index (χ0) is 23.2. The van der Waals surface area contributed by atoms with Crippen LogP contribution in [0.2, 0.25) is 0 Å². The van der Waals surface area contributed by atoms with Crippen molar-refractivity contribution in [3.63, 3.8) is 0 Å². The van der Waals surface area contributed by atoms with E-state index in [-0.39, 0.29) is 18.0 Å². The molecule has 0 atom stereocenters. The third-order valence-electron chi connectivity index (χ3n) is 4.41. The summed E-state index contributed by atoms with van der Waals surface area (Å²) in [4.78, 5) is 28.6. The topological polar surface area (TPSA) is 84.2 Å². The summed E-state index contributed by atoms with van der Waals surface area (Å²) in [6, 6.07) is 9.42. The zero-order valence-corrected chi connectivity index (χ0v) is 17.4. The number of benzene rings is 2. The van der Waals surface area contributed by atoms with Crippen LogP contribution in [0.3, 0.4) is 0 Å². The van der Waals surface area contributed by atoms with Crippen molar-refractivity contribution in [2.75, 3.05) is 7.05 Å². The fourth-order valence-corrected chi connectivity index (χ4v) is 3.02. The summed E-state index contributed by atoms with van der Waals surface area (Å²) in [5.74, 6) is 0.757. The number of nitrogens with one attached hydrogen (secondary N) is 1. The minimum atomic E-state index is -4.40. The normalized spacial score (nSPS) is 11.4. The van der Waals surface area contributed by atoms with Crippen LogP contribution in [-0.4, -0.2) is 28.1 Å². The highest BCUT2D eigenvalue weighted by atomic mass is 19.4. The number of hydrogen-bond acceptors (Lipinski definition) is 5. The summed E-state index contributed by atoms with van der Waals surface area (Å²) in [7, 11) is 1.43. The minimum absolute atomic E-state index is 0.122. The van der Waals surface area contributed by atoms with Gasteiger partial charge in [0.25, 0.3) is 5.56 Å². The molecule has 166 valence electrons. The molecule has 0 fully saturated rings. The highest BCUT2D eigenvalue weighted by Gasteiger charge is 2.30. The van der Waals surface area contributed by atoms with Gasteiger partial charge in [-0.05, 0) is 35.7 Å². The molecular formula is C22H24F3N3O3. The Morgan fingerprint density at radius 3 is 2.29 bits per heavy atom. The maximum absolute atomic E-state index is 13.0. The second kappa shape index (κ2) is 10.3. The molecule has 31 heavy (non-hydrogen) atoms. The molecule has 0 unspecified atom stereocenters. The van der Waals surface area contributed by atoms with Crippen LogP contribution in [0.4, 0.5) is 13.2 Å². The van der Waals surface area contributed by atoms with E-state index in [0.717, 1.165) is 12.1 Å². The van der Waals surface area contributed by atoms with E-state index in [1.54, 1.807) is 23.7 Å². The molecule has 1 aromatic heterocycles. The predicted molar refractivity (Wildman–Crippen MR) is 111 cm³/mol. The van der Waals surface area contributed by atoms with Crippen molar-refractivity contribution in [3.8, 4) is 0 Å². The van der Waals surface area contributed by atoms with Crippen LogP contribution in [0.15, 0.2) is 47.3 Å². The molecule has 0 aliphatic carbocycles. The quantitative estimate of drug-likeness (QED) is 0.466. The number of rotatable bonds is 5. The van der Waals surface area contributed by atoms with Gasteiger partial charge in [0.2, 0.25) is 0 Å². The number of fused-ring (bicyclic) bond motifs is 1. The highest BCUT2D eigenvalue weighted by Crippen LogP contribution is 2.29. The van der Waals surface area contributed by atoms with E-state index in [2.05, 4.69) is 4.98 Å². The summed E-state index contributed by atoms with van der Waals surface area (Å²) in [6.07, 6.45) is -3.19. The molecule has 3 rings (SSSR count). The number of halogens is 3. The number of hydrogen-bond donors (Lipinski definition) is 2. The molecule has 2 N–H and O–H groups in total. The van der Waals surface area contributed by atoms with E-state index in [0.29, 0.717) is 40.6 Å². The lowest BCUT2D eigenvalue weighted by molar-refractivity contribution is -0.137. The van der Waals surface area contributed by atoms with Crippen LogP contribution in [0.1, 0.15) is 41.2 Å². The lowest BCUT2D eigenvalue weighted by Gasteiger charge is -2.16. The molecule has 9 heteroatoms. The van der Waals surface area contributed by atoms with Crippen molar-refractivity contribution < 1.29 is 23.2 Å². The van der Waals surface area contributed by atoms with Crippen LogP contribution in [0, 0.1) is 5.92 Å². The standard InChI is InChI=1S/C21H19F3N2O2.CH5NO/c1-13(2)9-19-25-18-10-15(12-27)5-8-17(18)20(28)26(19)11-14-3-6-16(7-4-14)21(22,23)24;1-2-3/h3-8,10,12-13H,9,11H2,1-2H3;2-3H,1H3. The Morgan fingerprint density at radius 2 is 1.77 bits per heavy atom. The smallest absolute Gasteiger partial charge is 0.317 e. The largest absolute Gasteiger partial charge is 0.416 e. The van der Waals surface area contributed by atoms with Gasteiger partial charge in [-0.15, -0.1) is 0 Å². The Balaban J connectivity index is 0.00000107. The monoisotopic (exact) mass is 435 g/mol. The molecule has 2 aromatic carbocycles. The third-order valence-corrected chi connectivity index (χ3v) is 4.41. The number of aromatic nitrogens is 2. The Kier molecular flexibility index (Phi) is 8.07. The SMILES string of the molecule is CC(C)Cc1nc2cc(C=O)ccc2c(=O)n1Cc1ccc(C(F)(F)F)cc1.CNO. The third kappa shape index (κ3) is 6.22. The predicted octanol–water partition coefficient (Wildman–Crippen LogP) is 4.07. The van der Waals surface area contributed by atoms with Gasteiger partial charge in [-0.25, -0.2) is 10.5 Å². The first kappa shape index (κ1) is 24.2. The molecule has 0 radical (unpaired) electrons. The number of alkyl halides is 3. The van der Waals surface area contributed by atoms with Gasteiger partial charge in [0, 0.05) is 19.0 Å². The molecule has 0 saturated carbocycles. The van der Waals surface area contributed by atoms with E-state index in [1.807, 2.05) is 13.8 Å². The first-order chi connectivity index (χ1) is 14.6. The van der Waals surface area contributed by atoms with Crippen molar-refractivity contribution in [2.24, 2.45) is 5.92 Å². The van der Waals surface area contributed by atoms with Gasteiger partial charge in [0.05, 0.1) is 23.0 Å². The lowest BCUT2D eigenvalue weighted by atomic mass is 10.1. The minimum Gasteiger partial charge on any atom is -0.317 e. The summed E-state index contributed by atoms with van der Waals surface area (Å²) in [6.45, 7) is 4.10. The number of hydroxylamine groups is 1. The van der Waals surface area contributed by atoms with Crippen LogP contribution < -0.4 is 11.0 Å². The molecule has 0 amide bonds. The molecule has 6 nitrogen and oxygen atoms in total. The maximum Gasteiger partial charge on any atom is 0.416 e. The van der Waals surface area contributed by atoms with E-state index in [4.69, 9.17) is 5.21 Å². The molecule has 1 heterocycles. The Bertz CT molecular complexity index is 1090. The van der Waals surface area contributed by atoms with E-state index >= 15 is 0 Å². The molecule has 0 saturated heterocycles. The van der Waals surface area contributed by atoms with Gasteiger partial charge in [0.1, 0.15) is 12.1 Å². The van der Waals surface area contributed by atoms with Gasteiger partial charge in [0.15, 0.2) is 0 Å². The van der Waals surface area contributed by atoms with Gasteiger partial charge in [-0.3, -0.25) is 14.2 Å². The molecule has 0 spiro atoms. The summed E-state index contributed by atoms with van der Waals surface area (Å²) in [5, 5.41) is 7.69. The maximum atomic E-state index is 13.0. The van der Waals surface area contributed by atoms with Gasteiger partial charge in [-0.2, -0.15) is 13.2 Å². The average Bonchev–Trinajstić information content (AvgIpc) is 2.70. The van der Waals surface area contributed by atoms with Gasteiger partial charge >= 0.3 is 6.18 Å². The van der Waals surface area contributed by atoms with Crippen molar-refractivity contribution in [1.82, 2.24) is 15.0 Å². The summed E-state index contributed by atoms with van der Waals surface area (Å²) >= 11 is 0. The number of carbonyl (C=O) groups is 1. The molecule has 0 aliphatic rings. The zero-order valence-electron chi connectivity index (χ0n) is 17.4. The van der Waals surface area contributed by atoms with Crippen LogP contribution >= 0.6 is 0 Å². The fraction of sp³-hybridized carbons (Fsp3) is 0.318. The molecule has 0 bridgehead atoms. The molecular weight excluding hydrogens is 411 g/mol. The first-order valence-electron chi connectivity index (χ1n) is 9.56. The Morgan fingerprint density at radius 1 is 1.16 bits per heavy atom.